The molecule has 1 amide bonds. The second-order valence-electron chi connectivity index (χ2n) is 7.26. The standard InChI is InChI=1S/C23H21AsN4O4/c1-14-17(18(27-32-14)15-10-6-4-7-11-15)21(29)25-20-19(22(30)31)28(23(26-20)24(2)3)16-12-8-5-9-13-16/h4-13H,1-3H3,(H,25,29)(H,30,31). The number of hydrogen-bond donors (Lipinski definition) is 2. The fourth-order valence-corrected chi connectivity index (χ4v) is 5.34. The average Bonchev–Trinajstić information content (AvgIpc) is 3.36. The van der Waals surface area contributed by atoms with Crippen molar-refractivity contribution in [2.75, 3.05) is 5.32 Å². The van der Waals surface area contributed by atoms with Crippen LogP contribution in [-0.4, -0.2) is 46.3 Å². The van der Waals surface area contributed by atoms with Gasteiger partial charge in [-0.2, -0.15) is 0 Å². The number of para-hydroxylation sites is 1. The zero-order valence-electron chi connectivity index (χ0n) is 17.7. The molecule has 0 unspecified atom stereocenters. The van der Waals surface area contributed by atoms with Gasteiger partial charge < -0.3 is 0 Å². The van der Waals surface area contributed by atoms with Crippen molar-refractivity contribution in [1.29, 1.82) is 0 Å². The van der Waals surface area contributed by atoms with Crippen molar-refractivity contribution in [2.45, 2.75) is 18.3 Å². The third-order valence-electron chi connectivity index (χ3n) is 4.85. The van der Waals surface area contributed by atoms with Crippen LogP contribution in [0.25, 0.3) is 16.9 Å². The monoisotopic (exact) mass is 492 g/mol. The van der Waals surface area contributed by atoms with Gasteiger partial charge in [0, 0.05) is 0 Å². The first-order valence-corrected chi connectivity index (χ1v) is 14.5. The van der Waals surface area contributed by atoms with Crippen molar-refractivity contribution in [3.8, 4) is 16.9 Å². The van der Waals surface area contributed by atoms with Gasteiger partial charge in [0.2, 0.25) is 0 Å². The quantitative estimate of drug-likeness (QED) is 0.397. The predicted molar refractivity (Wildman–Crippen MR) is 122 cm³/mol. The molecule has 0 saturated heterocycles. The molecule has 32 heavy (non-hydrogen) atoms. The molecule has 0 atom stereocenters. The summed E-state index contributed by atoms with van der Waals surface area (Å²) in [6.07, 6.45) is 0. The summed E-state index contributed by atoms with van der Waals surface area (Å²) in [6.45, 7) is 1.64. The minimum absolute atomic E-state index is 0.00374. The molecule has 2 heterocycles. The molecule has 0 aliphatic carbocycles. The summed E-state index contributed by atoms with van der Waals surface area (Å²) in [5.41, 5.74) is 6.07. The zero-order valence-corrected chi connectivity index (χ0v) is 19.6. The van der Waals surface area contributed by atoms with Crippen LogP contribution in [0.1, 0.15) is 26.6 Å². The van der Waals surface area contributed by atoms with Crippen molar-refractivity contribution >= 4 is 37.0 Å². The number of carbonyl (C=O) groups is 2. The van der Waals surface area contributed by atoms with Gasteiger partial charge in [0.05, 0.1) is 0 Å². The summed E-state index contributed by atoms with van der Waals surface area (Å²) >= 11 is -1.63. The van der Waals surface area contributed by atoms with E-state index in [4.69, 9.17) is 4.52 Å². The molecule has 0 fully saturated rings. The third kappa shape index (κ3) is 3.97. The summed E-state index contributed by atoms with van der Waals surface area (Å²) in [5, 5.41) is 16.7. The van der Waals surface area contributed by atoms with Crippen molar-refractivity contribution < 1.29 is 19.2 Å². The fraction of sp³-hybridized carbons (Fsp3) is 0.130. The number of aryl methyl sites for hydroxylation is 1. The summed E-state index contributed by atoms with van der Waals surface area (Å²) in [4.78, 5) is 30.1. The molecule has 8 nitrogen and oxygen atoms in total. The molecule has 4 rings (SSSR count). The van der Waals surface area contributed by atoms with Crippen molar-refractivity contribution in [2.24, 2.45) is 0 Å². The van der Waals surface area contributed by atoms with Crippen LogP contribution in [0.4, 0.5) is 5.82 Å². The van der Waals surface area contributed by atoms with Crippen LogP contribution in [-0.2, 0) is 0 Å². The van der Waals surface area contributed by atoms with E-state index in [9.17, 15) is 14.7 Å². The Balaban J connectivity index is 1.81. The van der Waals surface area contributed by atoms with E-state index < -0.39 is 26.5 Å². The Bertz CT molecular complexity index is 1280. The Labute approximate surface area is 189 Å². The number of aromatic carboxylic acids is 1. The molecule has 0 bridgehead atoms. The van der Waals surface area contributed by atoms with Crippen LogP contribution in [0.15, 0.2) is 65.2 Å². The first-order chi connectivity index (χ1) is 15.4. The molecule has 9 heteroatoms. The first kappa shape index (κ1) is 21.6. The molecule has 2 aromatic heterocycles. The minimum atomic E-state index is -1.63. The van der Waals surface area contributed by atoms with E-state index in [0.717, 1.165) is 5.56 Å². The second-order valence-corrected chi connectivity index (χ2v) is 11.9. The van der Waals surface area contributed by atoms with Gasteiger partial charge in [-0.05, 0) is 0 Å². The van der Waals surface area contributed by atoms with E-state index >= 15 is 0 Å². The first-order valence-electron chi connectivity index (χ1n) is 9.80. The molecule has 0 aliphatic heterocycles. The molecule has 0 radical (unpaired) electrons. The van der Waals surface area contributed by atoms with Gasteiger partial charge in [0.25, 0.3) is 0 Å². The van der Waals surface area contributed by atoms with Crippen molar-refractivity contribution in [1.82, 2.24) is 14.7 Å². The third-order valence-corrected chi connectivity index (χ3v) is 7.15. The predicted octanol–water partition coefficient (Wildman–Crippen LogP) is 3.75. The fourth-order valence-electron chi connectivity index (χ4n) is 3.42. The molecule has 0 aliphatic rings. The van der Waals surface area contributed by atoms with Crippen LogP contribution in [0.2, 0.25) is 11.4 Å². The summed E-state index contributed by atoms with van der Waals surface area (Å²) in [5.74, 6) is -1.37. The molecule has 0 saturated carbocycles. The Hall–Kier alpha value is -3.64. The number of imidazole rings is 1. The van der Waals surface area contributed by atoms with Gasteiger partial charge in [0.1, 0.15) is 0 Å². The molecule has 0 spiro atoms. The summed E-state index contributed by atoms with van der Waals surface area (Å²) in [6, 6.07) is 18.3. The Morgan fingerprint density at radius 3 is 2.25 bits per heavy atom. The zero-order chi connectivity index (χ0) is 22.8. The SMILES string of the molecule is Cc1onc(-c2ccccc2)c1C(=O)Nc1nc([As](C)C)n(-c2ccccc2)c1C(=O)O. The number of nitrogens with zero attached hydrogens (tertiary/aromatic N) is 3. The van der Waals surface area contributed by atoms with Crippen LogP contribution in [0, 0.1) is 6.92 Å². The van der Waals surface area contributed by atoms with E-state index in [-0.39, 0.29) is 17.1 Å². The number of nitrogens with one attached hydrogen (secondary N) is 1. The van der Waals surface area contributed by atoms with E-state index in [1.807, 2.05) is 60.7 Å². The number of anilines is 1. The molecule has 2 N–H and O–H groups in total. The van der Waals surface area contributed by atoms with Gasteiger partial charge >= 0.3 is 189 Å². The topological polar surface area (TPSA) is 110 Å². The van der Waals surface area contributed by atoms with E-state index in [0.29, 0.717) is 21.8 Å². The summed E-state index contributed by atoms with van der Waals surface area (Å²) < 4.78 is 7.57. The van der Waals surface area contributed by atoms with Crippen LogP contribution in [0.3, 0.4) is 0 Å². The van der Waals surface area contributed by atoms with Crippen LogP contribution in [0.5, 0.6) is 0 Å². The van der Waals surface area contributed by atoms with Gasteiger partial charge in [0.15, 0.2) is 0 Å². The number of carboxylic acid groups (broad SMARTS) is 1. The van der Waals surface area contributed by atoms with Crippen LogP contribution >= 0.6 is 0 Å². The number of benzene rings is 2. The Morgan fingerprint density at radius 2 is 1.66 bits per heavy atom. The van der Waals surface area contributed by atoms with Crippen LogP contribution < -0.4 is 9.93 Å². The van der Waals surface area contributed by atoms with E-state index in [2.05, 4.69) is 26.9 Å². The Kier molecular flexibility index (Phi) is 5.97. The molecule has 2 aromatic carbocycles. The van der Waals surface area contributed by atoms with Gasteiger partial charge in [-0.1, -0.05) is 0 Å². The molecular weight excluding hydrogens is 471 g/mol. The number of aromatic nitrogens is 3. The van der Waals surface area contributed by atoms with Gasteiger partial charge in [-0.3, -0.25) is 0 Å². The maximum atomic E-state index is 13.3. The number of carboxylic acids is 1. The number of rotatable bonds is 6. The number of amides is 1. The maximum absolute atomic E-state index is 13.3. The normalized spacial score (nSPS) is 11.0. The van der Waals surface area contributed by atoms with Gasteiger partial charge in [-0.25, -0.2) is 0 Å². The van der Waals surface area contributed by atoms with Crippen molar-refractivity contribution in [3.05, 3.63) is 77.7 Å². The van der Waals surface area contributed by atoms with Crippen molar-refractivity contribution in [3.63, 3.8) is 0 Å². The van der Waals surface area contributed by atoms with E-state index in [1.165, 1.54) is 0 Å². The Morgan fingerprint density at radius 1 is 1.03 bits per heavy atom. The average molecular weight is 492 g/mol. The molecule has 4 aromatic rings. The molecular formula is C23H21AsN4O4. The molecule has 162 valence electrons. The number of carbonyl (C=O) groups excluding carboxylic acids is 1. The van der Waals surface area contributed by atoms with E-state index in [1.54, 1.807) is 11.5 Å². The summed E-state index contributed by atoms with van der Waals surface area (Å²) in [7, 11) is 0. The second kappa shape index (κ2) is 8.84. The number of hydrogen-bond acceptors (Lipinski definition) is 5. The van der Waals surface area contributed by atoms with Gasteiger partial charge in [-0.15, -0.1) is 0 Å².